The maximum Gasteiger partial charge on any atom is 0.306 e. The molecule has 1 unspecified atom stereocenters. The smallest absolute Gasteiger partial charge is 0.306 e. The van der Waals surface area contributed by atoms with E-state index in [9.17, 15) is 14.4 Å². The minimum Gasteiger partial charge on any atom is -0.489 e. The standard InChI is InChI=1S/C29H38N4O5/c1-28(2,3)38-26(35)12-11-24-27(36)33(29(4,5)32-24)20-8-6-7-18(13-20)17-37-21-9-10-23-22(15-21)19(16-31-23)14-25(30)34/h6-10,15-16,20,24,31-32H,11-14,17H2,1-5H3,(H2,30,34)/t20?,24-/m0/s1. The zero-order valence-corrected chi connectivity index (χ0v) is 22.8. The average Bonchev–Trinajstić information content (AvgIpc) is 3.31. The van der Waals surface area contributed by atoms with Gasteiger partial charge in [-0.15, -0.1) is 0 Å². The van der Waals surface area contributed by atoms with Crippen molar-refractivity contribution in [3.05, 3.63) is 53.8 Å². The predicted molar refractivity (Wildman–Crippen MR) is 145 cm³/mol. The number of hydrogen-bond donors (Lipinski definition) is 3. The molecule has 204 valence electrons. The Morgan fingerprint density at radius 3 is 2.71 bits per heavy atom. The van der Waals surface area contributed by atoms with Gasteiger partial charge < -0.3 is 25.1 Å². The molecule has 1 saturated heterocycles. The maximum atomic E-state index is 13.4. The third-order valence-electron chi connectivity index (χ3n) is 6.72. The number of fused-ring (bicyclic) bond motifs is 1. The number of aromatic nitrogens is 1. The maximum absolute atomic E-state index is 13.4. The van der Waals surface area contributed by atoms with Gasteiger partial charge in [0.05, 0.1) is 24.2 Å². The van der Waals surface area contributed by atoms with Crippen LogP contribution in [-0.2, 0) is 25.5 Å². The summed E-state index contributed by atoms with van der Waals surface area (Å²) in [5.41, 5.74) is 7.07. The molecule has 1 aliphatic heterocycles. The van der Waals surface area contributed by atoms with Gasteiger partial charge in [-0.25, -0.2) is 0 Å². The highest BCUT2D eigenvalue weighted by Crippen LogP contribution is 2.31. The first kappa shape index (κ1) is 27.4. The quantitative estimate of drug-likeness (QED) is 0.433. The number of H-pyrrole nitrogens is 1. The van der Waals surface area contributed by atoms with Crippen LogP contribution in [0.2, 0.25) is 0 Å². The van der Waals surface area contributed by atoms with Gasteiger partial charge in [0, 0.05) is 23.5 Å². The van der Waals surface area contributed by atoms with Crippen LogP contribution in [0.4, 0.5) is 0 Å². The Morgan fingerprint density at radius 1 is 1.24 bits per heavy atom. The topological polar surface area (TPSA) is 127 Å². The highest BCUT2D eigenvalue weighted by molar-refractivity contribution is 5.89. The van der Waals surface area contributed by atoms with Crippen LogP contribution in [-0.4, -0.2) is 57.6 Å². The van der Waals surface area contributed by atoms with Crippen molar-refractivity contribution >= 4 is 28.7 Å². The van der Waals surface area contributed by atoms with Crippen molar-refractivity contribution in [2.24, 2.45) is 5.73 Å². The van der Waals surface area contributed by atoms with Crippen LogP contribution in [0.25, 0.3) is 10.9 Å². The summed E-state index contributed by atoms with van der Waals surface area (Å²) in [5, 5.41) is 4.31. The minimum atomic E-state index is -0.565. The molecule has 9 heteroatoms. The van der Waals surface area contributed by atoms with E-state index in [1.807, 2.05) is 75.9 Å². The largest absolute Gasteiger partial charge is 0.489 e. The van der Waals surface area contributed by atoms with Crippen molar-refractivity contribution in [3.8, 4) is 5.75 Å². The highest BCUT2D eigenvalue weighted by Gasteiger charge is 2.47. The lowest BCUT2D eigenvalue weighted by atomic mass is 9.97. The van der Waals surface area contributed by atoms with Crippen LogP contribution in [0.5, 0.6) is 5.75 Å². The molecule has 2 aliphatic rings. The van der Waals surface area contributed by atoms with Crippen molar-refractivity contribution in [1.29, 1.82) is 0 Å². The lowest BCUT2D eigenvalue weighted by Crippen LogP contribution is -2.52. The Bertz CT molecular complexity index is 1280. The molecule has 0 spiro atoms. The summed E-state index contributed by atoms with van der Waals surface area (Å²) in [7, 11) is 0. The number of carbonyl (C=O) groups is 3. The van der Waals surface area contributed by atoms with E-state index in [1.165, 1.54) is 0 Å². The molecule has 38 heavy (non-hydrogen) atoms. The van der Waals surface area contributed by atoms with E-state index in [0.717, 1.165) is 22.0 Å². The van der Waals surface area contributed by atoms with Crippen molar-refractivity contribution in [2.45, 2.75) is 83.6 Å². The molecule has 2 atom stereocenters. The van der Waals surface area contributed by atoms with E-state index < -0.39 is 17.3 Å². The molecule has 1 aliphatic carbocycles. The minimum absolute atomic E-state index is 0.0183. The molecular weight excluding hydrogens is 484 g/mol. The molecule has 0 bridgehead atoms. The average molecular weight is 523 g/mol. The number of rotatable bonds is 9. The molecule has 2 amide bonds. The van der Waals surface area contributed by atoms with Gasteiger partial charge in [-0.2, -0.15) is 0 Å². The second-order valence-electron chi connectivity index (χ2n) is 11.5. The Hall–Kier alpha value is -3.59. The highest BCUT2D eigenvalue weighted by atomic mass is 16.6. The fourth-order valence-corrected chi connectivity index (χ4v) is 5.20. The second-order valence-corrected chi connectivity index (χ2v) is 11.5. The first-order valence-corrected chi connectivity index (χ1v) is 13.0. The number of carbonyl (C=O) groups excluding carboxylic acids is 3. The Labute approximate surface area is 223 Å². The Morgan fingerprint density at radius 2 is 2.00 bits per heavy atom. The number of ether oxygens (including phenoxy) is 2. The number of allylic oxidation sites excluding steroid dienone is 2. The van der Waals surface area contributed by atoms with Gasteiger partial charge in [-0.3, -0.25) is 19.7 Å². The molecular formula is C29H38N4O5. The lowest BCUT2D eigenvalue weighted by molar-refractivity contribution is -0.155. The number of amides is 2. The summed E-state index contributed by atoms with van der Waals surface area (Å²) in [6.07, 6.45) is 9.17. The van der Waals surface area contributed by atoms with E-state index in [0.29, 0.717) is 25.2 Å². The number of benzene rings is 1. The molecule has 1 aromatic carbocycles. The van der Waals surface area contributed by atoms with Gasteiger partial charge in [0.1, 0.15) is 18.0 Å². The van der Waals surface area contributed by atoms with E-state index >= 15 is 0 Å². The number of hydrogen-bond acceptors (Lipinski definition) is 6. The van der Waals surface area contributed by atoms with Gasteiger partial charge in [-0.1, -0.05) is 18.2 Å². The fourth-order valence-electron chi connectivity index (χ4n) is 5.20. The van der Waals surface area contributed by atoms with Crippen LogP contribution in [0, 0.1) is 0 Å². The number of primary amides is 1. The fraction of sp³-hybridized carbons (Fsp3) is 0.483. The Kier molecular flexibility index (Phi) is 7.69. The summed E-state index contributed by atoms with van der Waals surface area (Å²) in [5.74, 6) is -0.0160. The van der Waals surface area contributed by atoms with Crippen LogP contribution in [0.1, 0.15) is 59.4 Å². The molecule has 0 saturated carbocycles. The monoisotopic (exact) mass is 522 g/mol. The molecule has 1 fully saturated rings. The summed E-state index contributed by atoms with van der Waals surface area (Å²) in [4.78, 5) is 42.0. The predicted octanol–water partition coefficient (Wildman–Crippen LogP) is 3.49. The molecule has 4 rings (SSSR count). The van der Waals surface area contributed by atoms with E-state index in [4.69, 9.17) is 15.2 Å². The third-order valence-corrected chi connectivity index (χ3v) is 6.72. The molecule has 2 heterocycles. The van der Waals surface area contributed by atoms with Crippen molar-refractivity contribution in [2.75, 3.05) is 6.61 Å². The third kappa shape index (κ3) is 6.45. The molecule has 0 radical (unpaired) electrons. The zero-order valence-electron chi connectivity index (χ0n) is 22.8. The van der Waals surface area contributed by atoms with Gasteiger partial charge in [0.15, 0.2) is 0 Å². The Balaban J connectivity index is 1.37. The SMILES string of the molecule is CC(C)(C)OC(=O)CC[C@@H]1NC(C)(C)N(C2C=CC=C(COc3ccc4[nH]cc(CC(N)=O)c4c3)C2)C1=O. The van der Waals surface area contributed by atoms with E-state index in [1.54, 1.807) is 6.20 Å². The van der Waals surface area contributed by atoms with E-state index in [-0.39, 0.29) is 36.7 Å². The number of nitrogens with two attached hydrogens (primary N) is 1. The molecule has 1 aromatic heterocycles. The van der Waals surface area contributed by atoms with Gasteiger partial charge in [0.25, 0.3) is 0 Å². The van der Waals surface area contributed by atoms with Crippen LogP contribution < -0.4 is 15.8 Å². The number of nitrogens with one attached hydrogen (secondary N) is 2. The normalized spacial score (nSPS) is 21.0. The van der Waals surface area contributed by atoms with Gasteiger partial charge in [-0.05, 0) is 76.8 Å². The van der Waals surface area contributed by atoms with Gasteiger partial charge >= 0.3 is 5.97 Å². The summed E-state index contributed by atoms with van der Waals surface area (Å²) in [6, 6.07) is 5.14. The van der Waals surface area contributed by atoms with Gasteiger partial charge in [0.2, 0.25) is 11.8 Å². The number of aromatic amines is 1. The van der Waals surface area contributed by atoms with Crippen LogP contribution in [0.3, 0.4) is 0 Å². The first-order valence-electron chi connectivity index (χ1n) is 13.0. The first-order chi connectivity index (χ1) is 17.8. The summed E-state index contributed by atoms with van der Waals surface area (Å²) in [6.45, 7) is 9.84. The molecule has 4 N–H and O–H groups in total. The second kappa shape index (κ2) is 10.6. The van der Waals surface area contributed by atoms with Crippen molar-refractivity contribution < 1.29 is 23.9 Å². The molecule has 2 aromatic rings. The van der Waals surface area contributed by atoms with Crippen molar-refractivity contribution in [3.63, 3.8) is 0 Å². The van der Waals surface area contributed by atoms with Crippen molar-refractivity contribution in [1.82, 2.24) is 15.2 Å². The zero-order chi connectivity index (χ0) is 27.7. The van der Waals surface area contributed by atoms with Crippen LogP contribution in [0.15, 0.2) is 48.2 Å². The number of nitrogens with zero attached hydrogens (tertiary/aromatic N) is 1. The van der Waals surface area contributed by atoms with E-state index in [2.05, 4.69) is 10.3 Å². The summed E-state index contributed by atoms with van der Waals surface area (Å²) < 4.78 is 11.5. The lowest BCUT2D eigenvalue weighted by Gasteiger charge is -2.38. The van der Waals surface area contributed by atoms with Crippen LogP contribution >= 0.6 is 0 Å². The molecule has 9 nitrogen and oxygen atoms in total. The summed E-state index contributed by atoms with van der Waals surface area (Å²) >= 11 is 0. The number of esters is 1.